The van der Waals surface area contributed by atoms with Crippen molar-refractivity contribution in [2.45, 2.75) is 0 Å². The van der Waals surface area contributed by atoms with E-state index in [1.165, 1.54) is 10.8 Å². The van der Waals surface area contributed by atoms with Crippen LogP contribution in [0.25, 0.3) is 33.3 Å². The first-order valence-electron chi connectivity index (χ1n) is 7.42. The van der Waals surface area contributed by atoms with Crippen molar-refractivity contribution in [3.63, 3.8) is 0 Å². The van der Waals surface area contributed by atoms with Crippen molar-refractivity contribution < 1.29 is 19.5 Å². The molecule has 1 heterocycles. The van der Waals surface area contributed by atoms with Gasteiger partial charge in [0.2, 0.25) is 0 Å². The summed E-state index contributed by atoms with van der Waals surface area (Å²) in [5, 5.41) is 2.41. The second-order valence-electron chi connectivity index (χ2n) is 5.31. The van der Waals surface area contributed by atoms with Crippen molar-refractivity contribution in [3.05, 3.63) is 91.0 Å². The Kier molecular flexibility index (Phi) is 4.64. The first kappa shape index (κ1) is 15.6. The van der Waals surface area contributed by atoms with Crippen LogP contribution in [-0.4, -0.2) is 4.98 Å². The Balaban J connectivity index is 0.00000156. The van der Waals surface area contributed by atoms with Crippen molar-refractivity contribution in [1.29, 1.82) is 0 Å². The van der Waals surface area contributed by atoms with Crippen molar-refractivity contribution in [2.24, 2.45) is 0 Å². The molecule has 0 atom stereocenters. The second kappa shape index (κ2) is 6.85. The molecule has 112 valence electrons. The van der Waals surface area contributed by atoms with Crippen molar-refractivity contribution in [1.82, 2.24) is 4.98 Å². The van der Waals surface area contributed by atoms with Crippen molar-refractivity contribution in [3.8, 4) is 22.5 Å². The van der Waals surface area contributed by atoms with Gasteiger partial charge in [0.25, 0.3) is 0 Å². The minimum absolute atomic E-state index is 0. The Morgan fingerprint density at radius 2 is 1.13 bits per heavy atom. The molecule has 0 aliphatic rings. The average Bonchev–Trinajstić information content (AvgIpc) is 2.62. The Morgan fingerprint density at radius 1 is 0.565 bits per heavy atom. The van der Waals surface area contributed by atoms with Gasteiger partial charge in [-0.3, -0.25) is 0 Å². The summed E-state index contributed by atoms with van der Waals surface area (Å²) in [7, 11) is 0. The van der Waals surface area contributed by atoms with Gasteiger partial charge in [-0.1, -0.05) is 84.9 Å². The predicted octanol–water partition coefficient (Wildman–Crippen LogP) is 5.57. The maximum Gasteiger partial charge on any atom is 0.0787 e. The minimum Gasteiger partial charge on any atom is -0.247 e. The third-order valence-electron chi connectivity index (χ3n) is 3.86. The molecule has 4 aromatic rings. The van der Waals surface area contributed by atoms with Gasteiger partial charge >= 0.3 is 0 Å². The Hall–Kier alpha value is -2.31. The van der Waals surface area contributed by atoms with Crippen LogP contribution in [0.15, 0.2) is 91.0 Å². The van der Waals surface area contributed by atoms with Gasteiger partial charge in [-0.15, -0.1) is 0 Å². The molecule has 0 bridgehead atoms. The van der Waals surface area contributed by atoms with Crippen LogP contribution in [0.1, 0.15) is 0 Å². The summed E-state index contributed by atoms with van der Waals surface area (Å²) in [4.78, 5) is 4.94. The van der Waals surface area contributed by atoms with Gasteiger partial charge in [0, 0.05) is 36.0 Å². The SMILES string of the molecule is [Ru].c1ccc(-c2cc3ccccc3c(-c3ccccc3)n2)cc1. The van der Waals surface area contributed by atoms with E-state index in [0.717, 1.165) is 22.5 Å². The van der Waals surface area contributed by atoms with Crippen molar-refractivity contribution in [2.75, 3.05) is 0 Å². The van der Waals surface area contributed by atoms with Crippen LogP contribution < -0.4 is 0 Å². The van der Waals surface area contributed by atoms with Crippen LogP contribution in [-0.2, 0) is 19.5 Å². The van der Waals surface area contributed by atoms with Crippen LogP contribution in [0.4, 0.5) is 0 Å². The zero-order chi connectivity index (χ0) is 14.8. The quantitative estimate of drug-likeness (QED) is 0.413. The summed E-state index contributed by atoms with van der Waals surface area (Å²) < 4.78 is 0. The van der Waals surface area contributed by atoms with Gasteiger partial charge in [0.05, 0.1) is 11.4 Å². The number of aromatic nitrogens is 1. The van der Waals surface area contributed by atoms with E-state index in [1.807, 2.05) is 24.3 Å². The van der Waals surface area contributed by atoms with E-state index in [0.29, 0.717) is 0 Å². The molecule has 0 N–H and O–H groups in total. The van der Waals surface area contributed by atoms with Gasteiger partial charge in [-0.25, -0.2) is 4.98 Å². The Labute approximate surface area is 148 Å². The van der Waals surface area contributed by atoms with E-state index in [2.05, 4.69) is 66.7 Å². The second-order valence-corrected chi connectivity index (χ2v) is 5.31. The van der Waals surface area contributed by atoms with E-state index < -0.39 is 0 Å². The van der Waals surface area contributed by atoms with E-state index in [9.17, 15) is 0 Å². The number of pyridine rings is 1. The molecular weight excluding hydrogens is 367 g/mol. The molecule has 0 unspecified atom stereocenters. The molecule has 0 saturated heterocycles. The molecule has 0 aliphatic carbocycles. The number of hydrogen-bond donors (Lipinski definition) is 0. The molecule has 23 heavy (non-hydrogen) atoms. The molecule has 0 amide bonds. The first-order valence-corrected chi connectivity index (χ1v) is 7.42. The smallest absolute Gasteiger partial charge is 0.0787 e. The first-order chi connectivity index (χ1) is 10.9. The summed E-state index contributed by atoms with van der Waals surface area (Å²) in [6.07, 6.45) is 0. The average molecular weight is 382 g/mol. The zero-order valence-electron chi connectivity index (χ0n) is 12.5. The summed E-state index contributed by atoms with van der Waals surface area (Å²) >= 11 is 0. The fourth-order valence-corrected chi connectivity index (χ4v) is 2.77. The Morgan fingerprint density at radius 3 is 1.83 bits per heavy atom. The van der Waals surface area contributed by atoms with Gasteiger partial charge < -0.3 is 0 Å². The largest absolute Gasteiger partial charge is 0.247 e. The molecule has 3 aromatic carbocycles. The molecule has 1 nitrogen and oxygen atoms in total. The third kappa shape index (κ3) is 3.09. The van der Waals surface area contributed by atoms with E-state index >= 15 is 0 Å². The van der Waals surface area contributed by atoms with Crippen LogP contribution in [0.3, 0.4) is 0 Å². The monoisotopic (exact) mass is 383 g/mol. The fourth-order valence-electron chi connectivity index (χ4n) is 2.77. The molecule has 2 heteroatoms. The summed E-state index contributed by atoms with van der Waals surface area (Å²) in [5.41, 5.74) is 4.35. The minimum atomic E-state index is 0. The standard InChI is InChI=1S/C21H15N.Ru/c1-3-9-16(10-4-1)20-15-18-13-7-8-14-19(18)21(22-20)17-11-5-2-6-12-17;/h1-15H;. The molecule has 0 saturated carbocycles. The number of benzene rings is 3. The van der Waals surface area contributed by atoms with Gasteiger partial charge in [-0.05, 0) is 11.5 Å². The Bertz CT molecular complexity index is 918. The molecule has 0 radical (unpaired) electrons. The molecule has 0 spiro atoms. The molecule has 1 aromatic heterocycles. The fraction of sp³-hybridized carbons (Fsp3) is 0. The van der Waals surface area contributed by atoms with Crippen LogP contribution in [0.2, 0.25) is 0 Å². The van der Waals surface area contributed by atoms with Gasteiger partial charge in [0.15, 0.2) is 0 Å². The van der Waals surface area contributed by atoms with Crippen LogP contribution >= 0.6 is 0 Å². The maximum absolute atomic E-state index is 4.94. The van der Waals surface area contributed by atoms with Gasteiger partial charge in [0.1, 0.15) is 0 Å². The zero-order valence-corrected chi connectivity index (χ0v) is 14.2. The van der Waals surface area contributed by atoms with Gasteiger partial charge in [-0.2, -0.15) is 0 Å². The van der Waals surface area contributed by atoms with E-state index in [1.54, 1.807) is 0 Å². The number of nitrogens with zero attached hydrogens (tertiary/aromatic N) is 1. The number of hydrogen-bond acceptors (Lipinski definition) is 1. The van der Waals surface area contributed by atoms with E-state index in [4.69, 9.17) is 4.98 Å². The van der Waals surface area contributed by atoms with E-state index in [-0.39, 0.29) is 19.5 Å². The third-order valence-corrected chi connectivity index (χ3v) is 3.86. The van der Waals surface area contributed by atoms with Crippen LogP contribution in [0, 0.1) is 0 Å². The number of rotatable bonds is 2. The summed E-state index contributed by atoms with van der Waals surface area (Å²) in [6.45, 7) is 0. The topological polar surface area (TPSA) is 12.9 Å². The molecule has 0 aliphatic heterocycles. The summed E-state index contributed by atoms with van der Waals surface area (Å²) in [6, 6.07) is 31.3. The van der Waals surface area contributed by atoms with Crippen LogP contribution in [0.5, 0.6) is 0 Å². The summed E-state index contributed by atoms with van der Waals surface area (Å²) in [5.74, 6) is 0. The molecular formula is C21H15NRu. The van der Waals surface area contributed by atoms with Crippen molar-refractivity contribution >= 4 is 10.8 Å². The number of fused-ring (bicyclic) bond motifs is 1. The predicted molar refractivity (Wildman–Crippen MR) is 92.6 cm³/mol. The molecule has 4 rings (SSSR count). The molecule has 0 fully saturated rings. The normalized spacial score (nSPS) is 10.3. The maximum atomic E-state index is 4.94.